The lowest BCUT2D eigenvalue weighted by atomic mass is 9.62. The van der Waals surface area contributed by atoms with Crippen LogP contribution in [0, 0.1) is 5.41 Å². The van der Waals surface area contributed by atoms with E-state index in [0.29, 0.717) is 12.8 Å². The van der Waals surface area contributed by atoms with Gasteiger partial charge in [-0.1, -0.05) is 47.9 Å². The van der Waals surface area contributed by atoms with E-state index in [4.69, 9.17) is 11.6 Å². The van der Waals surface area contributed by atoms with Gasteiger partial charge in [-0.3, -0.25) is 4.79 Å². The van der Waals surface area contributed by atoms with Crippen LogP contribution in [0.2, 0.25) is 4.34 Å². The van der Waals surface area contributed by atoms with Gasteiger partial charge in [-0.05, 0) is 75.5 Å². The number of allylic oxidation sites excluding steroid dienone is 3. The molecule has 0 spiro atoms. The second-order valence-electron chi connectivity index (χ2n) is 9.01. The van der Waals surface area contributed by atoms with Gasteiger partial charge >= 0.3 is 5.97 Å². The Balaban J connectivity index is 1.52. The number of halogens is 1. The highest BCUT2D eigenvalue weighted by atomic mass is 35.5. The molecule has 1 aromatic heterocycles. The van der Waals surface area contributed by atoms with Crippen molar-refractivity contribution in [3.63, 3.8) is 0 Å². The molecular formula is C26H35ClO4S. The van der Waals surface area contributed by atoms with E-state index in [-0.39, 0.29) is 17.5 Å². The minimum Gasteiger partial charge on any atom is -0.469 e. The molecule has 2 aliphatic carbocycles. The third-order valence-electron chi connectivity index (χ3n) is 6.87. The predicted molar refractivity (Wildman–Crippen MR) is 131 cm³/mol. The number of ether oxygens (including phenoxy) is 1. The van der Waals surface area contributed by atoms with Crippen LogP contribution in [0.1, 0.15) is 69.1 Å². The molecule has 0 radical (unpaired) electrons. The fraction of sp³-hybridized carbons (Fsp3) is 0.577. The molecule has 2 N–H and O–H groups in total. The number of thiophene rings is 1. The highest BCUT2D eigenvalue weighted by molar-refractivity contribution is 7.16. The van der Waals surface area contributed by atoms with Crippen molar-refractivity contribution in [2.75, 3.05) is 7.11 Å². The molecule has 1 fully saturated rings. The first-order chi connectivity index (χ1) is 15.4. The van der Waals surface area contributed by atoms with Crippen molar-refractivity contribution >= 4 is 28.9 Å². The van der Waals surface area contributed by atoms with Crippen LogP contribution in [-0.4, -0.2) is 35.5 Å². The maximum atomic E-state index is 11.1. The fourth-order valence-corrected chi connectivity index (χ4v) is 5.97. The number of unbranched alkanes of at least 4 members (excludes halogenated alkanes) is 1. The van der Waals surface area contributed by atoms with Crippen LogP contribution in [0.25, 0.3) is 0 Å². The first-order valence-corrected chi connectivity index (χ1v) is 12.8. The topological polar surface area (TPSA) is 66.8 Å². The average molecular weight is 479 g/mol. The van der Waals surface area contributed by atoms with Gasteiger partial charge in [0.25, 0.3) is 0 Å². The second-order valence-corrected chi connectivity index (χ2v) is 10.8. The number of aliphatic hydroxyl groups is 2. The van der Waals surface area contributed by atoms with Gasteiger partial charge in [0.05, 0.1) is 23.7 Å². The van der Waals surface area contributed by atoms with Gasteiger partial charge in [0.1, 0.15) is 0 Å². The van der Waals surface area contributed by atoms with E-state index in [0.717, 1.165) is 61.3 Å². The normalized spacial score (nSPS) is 21.4. The Morgan fingerprint density at radius 3 is 2.81 bits per heavy atom. The minimum absolute atomic E-state index is 0.0447. The Morgan fingerprint density at radius 1 is 1.34 bits per heavy atom. The molecule has 2 atom stereocenters. The first-order valence-electron chi connectivity index (χ1n) is 11.6. The molecule has 1 aromatic rings. The molecule has 3 rings (SSSR count). The molecule has 0 saturated heterocycles. The van der Waals surface area contributed by atoms with Crippen LogP contribution >= 0.6 is 22.9 Å². The summed E-state index contributed by atoms with van der Waals surface area (Å²) in [7, 11) is 1.41. The third-order valence-corrected chi connectivity index (χ3v) is 8.10. The molecular weight excluding hydrogens is 444 g/mol. The highest BCUT2D eigenvalue weighted by Crippen LogP contribution is 2.48. The van der Waals surface area contributed by atoms with Gasteiger partial charge in [0.2, 0.25) is 0 Å². The summed E-state index contributed by atoms with van der Waals surface area (Å²) in [5.41, 5.74) is 2.22. The van der Waals surface area contributed by atoms with Crippen molar-refractivity contribution in [3.8, 4) is 0 Å². The van der Waals surface area contributed by atoms with Gasteiger partial charge in [-0.25, -0.2) is 0 Å². The molecule has 0 aliphatic heterocycles. The number of esters is 1. The Hall–Kier alpha value is -1.40. The van der Waals surface area contributed by atoms with Crippen LogP contribution in [0.5, 0.6) is 0 Å². The summed E-state index contributed by atoms with van der Waals surface area (Å²) >= 11 is 7.69. The minimum atomic E-state index is -0.419. The summed E-state index contributed by atoms with van der Waals surface area (Å²) in [4.78, 5) is 12.4. The summed E-state index contributed by atoms with van der Waals surface area (Å²) in [5.74, 6) is -0.169. The highest BCUT2D eigenvalue weighted by Gasteiger charge is 2.43. The number of hydrogen-bond donors (Lipinski definition) is 2. The summed E-state index contributed by atoms with van der Waals surface area (Å²) in [6.07, 6.45) is 16.8. The lowest BCUT2D eigenvalue weighted by Crippen LogP contribution is -2.42. The van der Waals surface area contributed by atoms with E-state index in [1.54, 1.807) is 11.3 Å². The van der Waals surface area contributed by atoms with E-state index in [1.807, 2.05) is 18.2 Å². The number of aliphatic hydroxyl groups excluding tert-OH is 2. The van der Waals surface area contributed by atoms with Crippen molar-refractivity contribution in [1.82, 2.24) is 0 Å². The number of carbonyl (C=O) groups excluding carboxylic acids is 1. The van der Waals surface area contributed by atoms with Crippen molar-refractivity contribution in [3.05, 3.63) is 56.8 Å². The molecule has 1 heterocycles. The number of hydrogen-bond acceptors (Lipinski definition) is 5. The summed E-state index contributed by atoms with van der Waals surface area (Å²) < 4.78 is 5.45. The quantitative estimate of drug-likeness (QED) is 0.214. The largest absolute Gasteiger partial charge is 0.469 e. The zero-order chi connectivity index (χ0) is 23.0. The average Bonchev–Trinajstić information content (AvgIpc) is 3.32. The van der Waals surface area contributed by atoms with Crippen molar-refractivity contribution in [1.29, 1.82) is 0 Å². The monoisotopic (exact) mass is 478 g/mol. The van der Waals surface area contributed by atoms with Crippen molar-refractivity contribution in [2.24, 2.45) is 5.41 Å². The molecule has 1 saturated carbocycles. The van der Waals surface area contributed by atoms with Crippen LogP contribution in [-0.2, 0) is 16.0 Å². The molecule has 2 aliphatic rings. The number of carbonyl (C=O) groups is 1. The van der Waals surface area contributed by atoms with E-state index in [9.17, 15) is 15.0 Å². The lowest BCUT2D eigenvalue weighted by Gasteiger charge is -2.45. The van der Waals surface area contributed by atoms with Gasteiger partial charge in [-0.2, -0.15) is 0 Å². The van der Waals surface area contributed by atoms with Crippen molar-refractivity contribution < 1.29 is 19.7 Å². The second kappa shape index (κ2) is 12.2. The molecule has 6 heteroatoms. The first kappa shape index (κ1) is 25.2. The van der Waals surface area contributed by atoms with E-state index in [2.05, 4.69) is 23.0 Å². The van der Waals surface area contributed by atoms with E-state index >= 15 is 0 Å². The number of rotatable bonds is 12. The molecule has 176 valence electrons. The van der Waals surface area contributed by atoms with Gasteiger partial charge in [-0.15, -0.1) is 11.3 Å². The smallest absolute Gasteiger partial charge is 0.305 e. The maximum absolute atomic E-state index is 11.1. The summed E-state index contributed by atoms with van der Waals surface area (Å²) in [5, 5.41) is 21.4. The maximum Gasteiger partial charge on any atom is 0.305 e. The zero-order valence-corrected chi connectivity index (χ0v) is 20.5. The van der Waals surface area contributed by atoms with Crippen LogP contribution in [0.3, 0.4) is 0 Å². The fourth-order valence-electron chi connectivity index (χ4n) is 4.73. The molecule has 0 amide bonds. The lowest BCUT2D eigenvalue weighted by molar-refractivity contribution is -0.140. The Bertz CT molecular complexity index is 850. The van der Waals surface area contributed by atoms with E-state index in [1.165, 1.54) is 24.0 Å². The van der Waals surface area contributed by atoms with Gasteiger partial charge < -0.3 is 14.9 Å². The van der Waals surface area contributed by atoms with Gasteiger partial charge in [0.15, 0.2) is 0 Å². The van der Waals surface area contributed by atoms with E-state index < -0.39 is 6.10 Å². The third kappa shape index (κ3) is 6.80. The molecule has 4 nitrogen and oxygen atoms in total. The Morgan fingerprint density at radius 2 is 2.16 bits per heavy atom. The zero-order valence-electron chi connectivity index (χ0n) is 18.9. The molecule has 32 heavy (non-hydrogen) atoms. The predicted octanol–water partition coefficient (Wildman–Crippen LogP) is 6.16. The summed E-state index contributed by atoms with van der Waals surface area (Å²) in [6, 6.07) is 4.01. The van der Waals surface area contributed by atoms with Crippen LogP contribution in [0.4, 0.5) is 0 Å². The Kier molecular flexibility index (Phi) is 9.60. The molecule has 0 unspecified atom stereocenters. The van der Waals surface area contributed by atoms with Crippen molar-refractivity contribution in [2.45, 2.75) is 82.8 Å². The van der Waals surface area contributed by atoms with Crippen LogP contribution < -0.4 is 0 Å². The van der Waals surface area contributed by atoms with Gasteiger partial charge in [0, 0.05) is 16.7 Å². The molecule has 0 bridgehead atoms. The summed E-state index contributed by atoms with van der Waals surface area (Å²) in [6.45, 7) is 0. The number of methoxy groups -OCH3 is 1. The van der Waals surface area contributed by atoms with Crippen LogP contribution in [0.15, 0.2) is 47.6 Å². The standard InChI is InChI=1S/C26H35ClO4S/c1-31-25(30)11-5-3-2-4-8-19-12-14-22(28)21(19)9-6-10-23(29)26(16-7-17-26)18-20-13-15-24(27)32-20/h2,4,6,9,13,15,22-23,28-29H,3,5,7-8,10-12,14,16-18H2,1H3/b4-2-,9-6+/t22-,23+/m1/s1. The SMILES string of the molecule is COC(=O)CCC/C=C\CC1=C(/C=C/C[C@H](O)C2(Cc3ccc(Cl)s3)CCC2)[C@H](O)CC1. The molecule has 0 aromatic carbocycles. The Labute approximate surface area is 200 Å².